The molecule has 0 saturated carbocycles. The van der Waals surface area contributed by atoms with Gasteiger partial charge in [0.15, 0.2) is 0 Å². The molecular weight excluding hydrogens is 226 g/mol. The first-order valence-electron chi connectivity index (χ1n) is 4.64. The number of H-pyrrole nitrogens is 1. The highest BCUT2D eigenvalue weighted by molar-refractivity contribution is 7.17. The van der Waals surface area contributed by atoms with Crippen molar-refractivity contribution in [3.05, 3.63) is 40.2 Å². The molecule has 5 heteroatoms. The topological polar surface area (TPSA) is 66.2 Å². The van der Waals surface area contributed by atoms with Gasteiger partial charge in [-0.05, 0) is 22.9 Å². The number of aromatic hydroxyl groups is 1. The van der Waals surface area contributed by atoms with Gasteiger partial charge in [0.25, 0.3) is 0 Å². The van der Waals surface area contributed by atoms with E-state index in [1.54, 1.807) is 0 Å². The highest BCUT2D eigenvalue weighted by Crippen LogP contribution is 2.35. The first-order valence-corrected chi connectivity index (χ1v) is 5.52. The van der Waals surface area contributed by atoms with E-state index in [9.17, 15) is 9.90 Å². The van der Waals surface area contributed by atoms with Crippen molar-refractivity contribution in [1.29, 1.82) is 0 Å². The molecule has 0 saturated heterocycles. The lowest BCUT2D eigenvalue weighted by Gasteiger charge is -1.98. The van der Waals surface area contributed by atoms with Gasteiger partial charge < -0.3 is 9.52 Å². The molecule has 4 nitrogen and oxygen atoms in total. The fourth-order valence-electron chi connectivity index (χ4n) is 1.67. The molecule has 80 valence electrons. The monoisotopic (exact) mass is 233 g/mol. The number of hydrogen-bond acceptors (Lipinski definition) is 4. The zero-order chi connectivity index (χ0) is 11.1. The van der Waals surface area contributed by atoms with Crippen LogP contribution in [0.4, 0.5) is 0 Å². The minimum Gasteiger partial charge on any atom is -0.492 e. The third-order valence-corrected chi connectivity index (χ3v) is 3.32. The second kappa shape index (κ2) is 3.24. The molecule has 1 aromatic carbocycles. The van der Waals surface area contributed by atoms with E-state index in [1.807, 2.05) is 29.6 Å². The van der Waals surface area contributed by atoms with Crippen LogP contribution in [0.3, 0.4) is 0 Å². The van der Waals surface area contributed by atoms with E-state index < -0.39 is 5.76 Å². The Morgan fingerprint density at radius 3 is 2.94 bits per heavy atom. The highest BCUT2D eigenvalue weighted by Gasteiger charge is 2.14. The standard InChI is InChI=1S/C11H7NO3S/c13-10-8(15-11(14)12-10)7-3-1-2-6-4-5-16-9(6)7/h1-5,13H,(H,12,14). The van der Waals surface area contributed by atoms with Gasteiger partial charge in [-0.25, -0.2) is 4.79 Å². The number of aromatic amines is 1. The maximum Gasteiger partial charge on any atom is 0.419 e. The average Bonchev–Trinajstić information content (AvgIpc) is 2.84. The molecule has 0 aliphatic carbocycles. The zero-order valence-corrected chi connectivity index (χ0v) is 8.88. The summed E-state index contributed by atoms with van der Waals surface area (Å²) in [7, 11) is 0. The Morgan fingerprint density at radius 2 is 2.19 bits per heavy atom. The van der Waals surface area contributed by atoms with Crippen LogP contribution in [0.2, 0.25) is 0 Å². The van der Waals surface area contributed by atoms with Gasteiger partial charge in [-0.3, -0.25) is 4.98 Å². The van der Waals surface area contributed by atoms with Crippen molar-refractivity contribution < 1.29 is 9.52 Å². The number of thiophene rings is 1. The van der Waals surface area contributed by atoms with Crippen molar-refractivity contribution >= 4 is 21.4 Å². The third-order valence-electron chi connectivity index (χ3n) is 2.35. The number of aromatic nitrogens is 1. The summed E-state index contributed by atoms with van der Waals surface area (Å²) in [5.41, 5.74) is 0.725. The van der Waals surface area contributed by atoms with Crippen LogP contribution in [0.5, 0.6) is 5.88 Å². The lowest BCUT2D eigenvalue weighted by atomic mass is 10.1. The molecule has 0 spiro atoms. The molecule has 2 aromatic heterocycles. The highest BCUT2D eigenvalue weighted by atomic mass is 32.1. The van der Waals surface area contributed by atoms with Crippen molar-refractivity contribution in [2.24, 2.45) is 0 Å². The third kappa shape index (κ3) is 1.25. The molecule has 16 heavy (non-hydrogen) atoms. The van der Waals surface area contributed by atoms with Gasteiger partial charge in [0.1, 0.15) is 0 Å². The molecule has 0 atom stereocenters. The van der Waals surface area contributed by atoms with Crippen LogP contribution in [-0.4, -0.2) is 10.1 Å². The number of rotatable bonds is 1. The predicted octanol–water partition coefficient (Wildman–Crippen LogP) is 2.56. The van der Waals surface area contributed by atoms with Gasteiger partial charge in [0, 0.05) is 10.3 Å². The maximum atomic E-state index is 11.0. The van der Waals surface area contributed by atoms with E-state index in [-0.39, 0.29) is 11.6 Å². The van der Waals surface area contributed by atoms with Crippen LogP contribution in [0.15, 0.2) is 38.9 Å². The van der Waals surface area contributed by atoms with Crippen molar-refractivity contribution in [3.8, 4) is 17.2 Å². The number of benzene rings is 1. The van der Waals surface area contributed by atoms with E-state index in [1.165, 1.54) is 11.3 Å². The van der Waals surface area contributed by atoms with Crippen LogP contribution in [0.25, 0.3) is 21.4 Å². The van der Waals surface area contributed by atoms with E-state index >= 15 is 0 Å². The Bertz CT molecular complexity index is 707. The first kappa shape index (κ1) is 9.23. The Balaban J connectivity index is 2.37. The quantitative estimate of drug-likeness (QED) is 0.678. The van der Waals surface area contributed by atoms with Crippen molar-refractivity contribution in [2.75, 3.05) is 0 Å². The summed E-state index contributed by atoms with van der Waals surface area (Å²) in [6.45, 7) is 0. The summed E-state index contributed by atoms with van der Waals surface area (Å²) in [6.07, 6.45) is 0. The van der Waals surface area contributed by atoms with Crippen LogP contribution < -0.4 is 5.76 Å². The van der Waals surface area contributed by atoms with Gasteiger partial charge in [-0.2, -0.15) is 0 Å². The van der Waals surface area contributed by atoms with Crippen LogP contribution in [0, 0.1) is 0 Å². The van der Waals surface area contributed by atoms with Gasteiger partial charge in [0.05, 0.1) is 0 Å². The number of hydrogen-bond donors (Lipinski definition) is 2. The number of fused-ring (bicyclic) bond motifs is 1. The first-order chi connectivity index (χ1) is 7.75. The molecule has 0 fully saturated rings. The van der Waals surface area contributed by atoms with Gasteiger partial charge in [-0.1, -0.05) is 12.1 Å². The second-order valence-corrected chi connectivity index (χ2v) is 4.25. The molecule has 0 aliphatic rings. The molecule has 0 unspecified atom stereocenters. The van der Waals surface area contributed by atoms with E-state index in [2.05, 4.69) is 4.98 Å². The van der Waals surface area contributed by atoms with Crippen LogP contribution >= 0.6 is 11.3 Å². The second-order valence-electron chi connectivity index (χ2n) is 3.34. The van der Waals surface area contributed by atoms with Crippen LogP contribution in [0.1, 0.15) is 0 Å². The normalized spacial score (nSPS) is 11.0. The molecule has 0 radical (unpaired) electrons. The molecule has 0 aliphatic heterocycles. The molecular formula is C11H7NO3S. The lowest BCUT2D eigenvalue weighted by molar-refractivity contribution is 0.453. The summed E-state index contributed by atoms with van der Waals surface area (Å²) in [4.78, 5) is 13.2. The Hall–Kier alpha value is -2.01. The molecule has 0 amide bonds. The maximum absolute atomic E-state index is 11.0. The number of nitrogens with one attached hydrogen (secondary N) is 1. The Labute approximate surface area is 93.8 Å². The van der Waals surface area contributed by atoms with Crippen molar-refractivity contribution in [1.82, 2.24) is 4.98 Å². The summed E-state index contributed by atoms with van der Waals surface area (Å²) in [5, 5.41) is 12.6. The SMILES string of the molecule is O=c1[nH]c(O)c(-c2cccc3ccsc23)o1. The van der Waals surface area contributed by atoms with Gasteiger partial charge in [-0.15, -0.1) is 11.3 Å². The predicted molar refractivity (Wildman–Crippen MR) is 61.8 cm³/mol. The average molecular weight is 233 g/mol. The van der Waals surface area contributed by atoms with Gasteiger partial charge >= 0.3 is 5.76 Å². The Kier molecular flexibility index (Phi) is 1.87. The lowest BCUT2D eigenvalue weighted by Crippen LogP contribution is -1.92. The summed E-state index contributed by atoms with van der Waals surface area (Å²) >= 11 is 1.54. The molecule has 3 aromatic rings. The Morgan fingerprint density at radius 1 is 1.31 bits per heavy atom. The van der Waals surface area contributed by atoms with E-state index in [0.29, 0.717) is 0 Å². The minimum atomic E-state index is -0.652. The van der Waals surface area contributed by atoms with Crippen molar-refractivity contribution in [3.63, 3.8) is 0 Å². The summed E-state index contributed by atoms with van der Waals surface area (Å²) in [6, 6.07) is 7.62. The number of oxazole rings is 1. The summed E-state index contributed by atoms with van der Waals surface area (Å²) in [5.74, 6) is -0.690. The molecule has 2 N–H and O–H groups in total. The molecule has 2 heterocycles. The molecule has 3 rings (SSSR count). The minimum absolute atomic E-state index is 0.193. The smallest absolute Gasteiger partial charge is 0.419 e. The largest absolute Gasteiger partial charge is 0.492 e. The fraction of sp³-hybridized carbons (Fsp3) is 0. The van der Waals surface area contributed by atoms with E-state index in [0.717, 1.165) is 15.6 Å². The fourth-order valence-corrected chi connectivity index (χ4v) is 2.58. The zero-order valence-electron chi connectivity index (χ0n) is 8.06. The summed E-state index contributed by atoms with van der Waals surface area (Å²) < 4.78 is 5.91. The molecule has 0 bridgehead atoms. The van der Waals surface area contributed by atoms with Crippen LogP contribution in [-0.2, 0) is 0 Å². The van der Waals surface area contributed by atoms with E-state index in [4.69, 9.17) is 4.42 Å². The van der Waals surface area contributed by atoms with Crippen molar-refractivity contribution in [2.45, 2.75) is 0 Å². The van der Waals surface area contributed by atoms with Gasteiger partial charge in [0.2, 0.25) is 11.6 Å².